The Kier molecular flexibility index (Phi) is 10.0. The summed E-state index contributed by atoms with van der Waals surface area (Å²) in [6.45, 7) is 8.15. The van der Waals surface area contributed by atoms with E-state index in [1.54, 1.807) is 6.92 Å². The van der Waals surface area contributed by atoms with Crippen molar-refractivity contribution < 1.29 is 4.79 Å². The summed E-state index contributed by atoms with van der Waals surface area (Å²) < 4.78 is 0. The molecule has 0 spiro atoms. The van der Waals surface area contributed by atoms with Gasteiger partial charge in [-0.2, -0.15) is 5.26 Å². The highest BCUT2D eigenvalue weighted by molar-refractivity contribution is 5.91. The van der Waals surface area contributed by atoms with Gasteiger partial charge >= 0.3 is 0 Å². The van der Waals surface area contributed by atoms with Crippen LogP contribution >= 0.6 is 0 Å². The molecular weight excluding hydrogens is 224 g/mol. The van der Waals surface area contributed by atoms with E-state index in [1.165, 1.54) is 0 Å². The van der Waals surface area contributed by atoms with Crippen molar-refractivity contribution in [2.24, 2.45) is 5.92 Å². The van der Waals surface area contributed by atoms with Crippen LogP contribution in [-0.4, -0.2) is 12.5 Å². The first-order valence-corrected chi connectivity index (χ1v) is 6.95. The minimum absolute atomic E-state index is 0.0622. The van der Waals surface area contributed by atoms with Gasteiger partial charge in [-0.05, 0) is 26.2 Å². The van der Waals surface area contributed by atoms with Gasteiger partial charge in [0.25, 0.3) is 0 Å². The number of carbonyl (C=O) groups excluding carboxylic acids is 1. The molecule has 0 aliphatic carbocycles. The second-order valence-electron chi connectivity index (χ2n) is 4.85. The molecule has 0 radical (unpaired) electrons. The Hall–Kier alpha value is -1.30. The topological polar surface area (TPSA) is 52.9 Å². The molecule has 0 heterocycles. The van der Waals surface area contributed by atoms with Crippen LogP contribution in [0.25, 0.3) is 0 Å². The lowest BCUT2D eigenvalue weighted by Crippen LogP contribution is -2.24. The number of rotatable bonds is 10. The molecule has 0 rings (SSSR count). The Bertz CT molecular complexity index is 291. The highest BCUT2D eigenvalue weighted by Gasteiger charge is 2.06. The molecule has 1 unspecified atom stereocenters. The molecule has 0 saturated heterocycles. The van der Waals surface area contributed by atoms with Gasteiger partial charge in [-0.25, -0.2) is 0 Å². The van der Waals surface area contributed by atoms with E-state index in [9.17, 15) is 4.79 Å². The maximum absolute atomic E-state index is 11.2. The summed E-state index contributed by atoms with van der Waals surface area (Å²) in [5, 5.41) is 11.8. The second kappa shape index (κ2) is 10.8. The molecule has 102 valence electrons. The Morgan fingerprint density at radius 3 is 2.50 bits per heavy atom. The summed E-state index contributed by atoms with van der Waals surface area (Å²) in [6.07, 6.45) is 7.44. The second-order valence-corrected chi connectivity index (χ2v) is 4.85. The minimum Gasteiger partial charge on any atom is -0.352 e. The summed E-state index contributed by atoms with van der Waals surface area (Å²) in [6, 6.07) is 2.38. The molecule has 0 saturated carbocycles. The lowest BCUT2D eigenvalue weighted by atomic mass is 9.97. The van der Waals surface area contributed by atoms with Gasteiger partial charge in [0.1, 0.15) is 0 Å². The van der Waals surface area contributed by atoms with Crippen LogP contribution in [0.4, 0.5) is 0 Å². The van der Waals surface area contributed by atoms with Crippen LogP contribution in [0.15, 0.2) is 12.2 Å². The normalized spacial score (nSPS) is 11.6. The lowest BCUT2D eigenvalue weighted by Gasteiger charge is -2.08. The van der Waals surface area contributed by atoms with Crippen molar-refractivity contribution in [3.63, 3.8) is 0 Å². The van der Waals surface area contributed by atoms with Gasteiger partial charge in [0.05, 0.1) is 6.07 Å². The van der Waals surface area contributed by atoms with Crippen LogP contribution < -0.4 is 5.32 Å². The van der Waals surface area contributed by atoms with E-state index in [4.69, 9.17) is 5.26 Å². The van der Waals surface area contributed by atoms with Gasteiger partial charge in [0, 0.05) is 18.0 Å². The van der Waals surface area contributed by atoms with Crippen LogP contribution in [0.1, 0.15) is 58.8 Å². The largest absolute Gasteiger partial charge is 0.352 e. The number of unbranched alkanes of at least 4 members (excludes halogenated alkanes) is 3. The highest BCUT2D eigenvalue weighted by atomic mass is 16.1. The number of amides is 1. The Morgan fingerprint density at radius 2 is 1.94 bits per heavy atom. The van der Waals surface area contributed by atoms with Gasteiger partial charge in [-0.3, -0.25) is 4.79 Å². The Labute approximate surface area is 111 Å². The average molecular weight is 250 g/mol. The summed E-state index contributed by atoms with van der Waals surface area (Å²) in [7, 11) is 0. The van der Waals surface area contributed by atoms with Crippen LogP contribution in [0.3, 0.4) is 0 Å². The van der Waals surface area contributed by atoms with Crippen LogP contribution in [0, 0.1) is 17.2 Å². The quantitative estimate of drug-likeness (QED) is 0.476. The summed E-state index contributed by atoms with van der Waals surface area (Å²) >= 11 is 0. The average Bonchev–Trinajstić information content (AvgIpc) is 2.36. The predicted molar refractivity (Wildman–Crippen MR) is 74.9 cm³/mol. The zero-order valence-electron chi connectivity index (χ0n) is 11.8. The van der Waals surface area contributed by atoms with Crippen molar-refractivity contribution in [2.45, 2.75) is 58.8 Å². The third-order valence-electron chi connectivity index (χ3n) is 2.99. The van der Waals surface area contributed by atoms with Gasteiger partial charge in [-0.15, -0.1) is 0 Å². The summed E-state index contributed by atoms with van der Waals surface area (Å²) in [5.41, 5.74) is 0.555. The minimum atomic E-state index is -0.0622. The molecule has 0 aromatic rings. The standard InChI is InChI=1S/C15H26N2O/c1-4-5-9-14(12-16)10-7-6-8-11-17-15(18)13(2)3/h14H,2,4-11H2,1,3H3,(H,17,18). The van der Waals surface area contributed by atoms with E-state index in [-0.39, 0.29) is 11.8 Å². The van der Waals surface area contributed by atoms with E-state index in [0.717, 1.165) is 44.9 Å². The van der Waals surface area contributed by atoms with Gasteiger partial charge in [0.15, 0.2) is 0 Å². The van der Waals surface area contributed by atoms with Crippen molar-refractivity contribution in [1.82, 2.24) is 5.32 Å². The first kappa shape index (κ1) is 16.7. The van der Waals surface area contributed by atoms with Gasteiger partial charge in [0.2, 0.25) is 5.91 Å². The van der Waals surface area contributed by atoms with E-state index < -0.39 is 0 Å². The van der Waals surface area contributed by atoms with E-state index in [0.29, 0.717) is 12.1 Å². The molecule has 1 atom stereocenters. The Morgan fingerprint density at radius 1 is 1.28 bits per heavy atom. The van der Waals surface area contributed by atoms with Crippen LogP contribution in [-0.2, 0) is 4.79 Å². The molecule has 0 bridgehead atoms. The smallest absolute Gasteiger partial charge is 0.246 e. The zero-order valence-corrected chi connectivity index (χ0v) is 11.8. The number of hydrogen-bond acceptors (Lipinski definition) is 2. The molecule has 3 nitrogen and oxygen atoms in total. The summed E-state index contributed by atoms with van der Waals surface area (Å²) in [4.78, 5) is 11.2. The van der Waals surface area contributed by atoms with Crippen LogP contribution in [0.2, 0.25) is 0 Å². The van der Waals surface area contributed by atoms with E-state index >= 15 is 0 Å². The fourth-order valence-corrected chi connectivity index (χ4v) is 1.77. The first-order valence-electron chi connectivity index (χ1n) is 6.95. The molecule has 0 fully saturated rings. The molecule has 0 aliphatic rings. The lowest BCUT2D eigenvalue weighted by molar-refractivity contribution is -0.117. The van der Waals surface area contributed by atoms with Gasteiger partial charge in [-0.1, -0.05) is 39.2 Å². The van der Waals surface area contributed by atoms with Crippen molar-refractivity contribution in [3.8, 4) is 6.07 Å². The fourth-order valence-electron chi connectivity index (χ4n) is 1.77. The monoisotopic (exact) mass is 250 g/mol. The van der Waals surface area contributed by atoms with Crippen molar-refractivity contribution in [2.75, 3.05) is 6.54 Å². The molecule has 1 amide bonds. The first-order chi connectivity index (χ1) is 8.61. The summed E-state index contributed by atoms with van der Waals surface area (Å²) in [5.74, 6) is 0.155. The maximum Gasteiger partial charge on any atom is 0.246 e. The van der Waals surface area contributed by atoms with Crippen molar-refractivity contribution >= 4 is 5.91 Å². The number of nitrogens with zero attached hydrogens (tertiary/aromatic N) is 1. The predicted octanol–water partition coefficient (Wildman–Crippen LogP) is 3.57. The Balaban J connectivity index is 3.47. The van der Waals surface area contributed by atoms with Crippen molar-refractivity contribution in [1.29, 1.82) is 5.26 Å². The van der Waals surface area contributed by atoms with E-state index in [1.807, 2.05) is 0 Å². The number of hydrogen-bond donors (Lipinski definition) is 1. The van der Waals surface area contributed by atoms with Crippen molar-refractivity contribution in [3.05, 3.63) is 12.2 Å². The SMILES string of the molecule is C=C(C)C(=O)NCCCCCC(C#N)CCCC. The zero-order chi connectivity index (χ0) is 13.8. The molecule has 0 aromatic carbocycles. The van der Waals surface area contributed by atoms with Gasteiger partial charge < -0.3 is 5.32 Å². The van der Waals surface area contributed by atoms with E-state index in [2.05, 4.69) is 24.9 Å². The third-order valence-corrected chi connectivity index (χ3v) is 2.99. The molecule has 1 N–H and O–H groups in total. The molecule has 3 heteroatoms. The molecule has 0 aliphatic heterocycles. The third kappa shape index (κ3) is 8.81. The molecular formula is C15H26N2O. The number of carbonyl (C=O) groups is 1. The molecule has 0 aromatic heterocycles. The number of nitriles is 1. The number of nitrogens with one attached hydrogen (secondary N) is 1. The maximum atomic E-state index is 11.2. The van der Waals surface area contributed by atoms with Crippen LogP contribution in [0.5, 0.6) is 0 Å². The fraction of sp³-hybridized carbons (Fsp3) is 0.733. The molecule has 18 heavy (non-hydrogen) atoms. The highest BCUT2D eigenvalue weighted by Crippen LogP contribution is 2.15.